The van der Waals surface area contributed by atoms with Gasteiger partial charge in [-0.2, -0.15) is 0 Å². The molecule has 1 atom stereocenters. The molecule has 0 spiro atoms. The molecule has 0 aliphatic carbocycles. The van der Waals surface area contributed by atoms with E-state index in [0.29, 0.717) is 26.2 Å². The maximum absolute atomic E-state index is 12.6. The Morgan fingerprint density at radius 3 is 2.23 bits per heavy atom. The predicted molar refractivity (Wildman–Crippen MR) is 83.3 cm³/mol. The minimum atomic E-state index is -0.642. The van der Waals surface area contributed by atoms with E-state index in [-0.39, 0.29) is 23.9 Å². The van der Waals surface area contributed by atoms with Gasteiger partial charge in [-0.3, -0.25) is 19.4 Å². The summed E-state index contributed by atoms with van der Waals surface area (Å²) >= 11 is 0. The molecular weight excluding hydrogens is 284 g/mol. The summed E-state index contributed by atoms with van der Waals surface area (Å²) in [5, 5.41) is 2.41. The second-order valence-corrected chi connectivity index (χ2v) is 7.19. The lowest BCUT2D eigenvalue weighted by Crippen LogP contribution is -2.51. The van der Waals surface area contributed by atoms with Crippen molar-refractivity contribution in [3.63, 3.8) is 0 Å². The van der Waals surface area contributed by atoms with E-state index in [1.807, 2.05) is 9.80 Å². The lowest BCUT2D eigenvalue weighted by atomic mass is 10.1. The van der Waals surface area contributed by atoms with Crippen LogP contribution in [0.15, 0.2) is 5.18 Å². The summed E-state index contributed by atoms with van der Waals surface area (Å²) in [4.78, 5) is 39.9. The molecule has 2 aliphatic rings. The van der Waals surface area contributed by atoms with Gasteiger partial charge in [0.2, 0.25) is 5.91 Å². The smallest absolute Gasteiger partial charge is 0.300 e. The van der Waals surface area contributed by atoms with Gasteiger partial charge in [0.05, 0.1) is 12.5 Å². The third-order valence-electron chi connectivity index (χ3n) is 4.63. The molecule has 7 nitrogen and oxygen atoms in total. The topological polar surface area (TPSA) is 73.3 Å². The molecule has 0 aromatic carbocycles. The van der Waals surface area contributed by atoms with Gasteiger partial charge in [0.1, 0.15) is 0 Å². The SMILES string of the molecule is CC(C)(C)N1CCC(C(=O)N2CCN(CC(=O)N=O)CC2)C1. The van der Waals surface area contributed by atoms with Crippen LogP contribution in [-0.4, -0.2) is 77.9 Å². The Kier molecular flexibility index (Phi) is 5.28. The minimum Gasteiger partial charge on any atom is -0.340 e. The number of nitrogens with zero attached hydrogens (tertiary/aromatic N) is 4. The van der Waals surface area contributed by atoms with E-state index in [1.54, 1.807) is 0 Å². The first-order valence-corrected chi connectivity index (χ1v) is 7.93. The lowest BCUT2D eigenvalue weighted by Gasteiger charge is -2.36. The van der Waals surface area contributed by atoms with Gasteiger partial charge in [0, 0.05) is 43.4 Å². The third kappa shape index (κ3) is 4.10. The molecule has 2 saturated heterocycles. The van der Waals surface area contributed by atoms with Crippen molar-refractivity contribution in [1.29, 1.82) is 0 Å². The molecule has 0 aromatic heterocycles. The highest BCUT2D eigenvalue weighted by Crippen LogP contribution is 2.26. The monoisotopic (exact) mass is 310 g/mol. The quantitative estimate of drug-likeness (QED) is 0.712. The number of hydrogen-bond acceptors (Lipinski definition) is 5. The van der Waals surface area contributed by atoms with Crippen molar-refractivity contribution < 1.29 is 9.59 Å². The minimum absolute atomic E-state index is 0.0623. The molecule has 0 N–H and O–H groups in total. The van der Waals surface area contributed by atoms with Crippen LogP contribution in [0.3, 0.4) is 0 Å². The summed E-state index contributed by atoms with van der Waals surface area (Å²) < 4.78 is 0. The third-order valence-corrected chi connectivity index (χ3v) is 4.63. The normalized spacial score (nSPS) is 24.5. The number of carbonyl (C=O) groups is 2. The van der Waals surface area contributed by atoms with Crippen molar-refractivity contribution in [2.24, 2.45) is 11.1 Å². The van der Waals surface area contributed by atoms with Crippen molar-refractivity contribution >= 4 is 11.8 Å². The van der Waals surface area contributed by atoms with Gasteiger partial charge >= 0.3 is 0 Å². The molecule has 1 unspecified atom stereocenters. The zero-order chi connectivity index (χ0) is 16.3. The number of rotatable bonds is 3. The highest BCUT2D eigenvalue weighted by Gasteiger charge is 2.36. The largest absolute Gasteiger partial charge is 0.340 e. The zero-order valence-corrected chi connectivity index (χ0v) is 13.7. The van der Waals surface area contributed by atoms with Gasteiger partial charge in [-0.15, -0.1) is 4.91 Å². The van der Waals surface area contributed by atoms with Crippen LogP contribution in [0.1, 0.15) is 27.2 Å². The van der Waals surface area contributed by atoms with Crippen LogP contribution in [0.2, 0.25) is 0 Å². The van der Waals surface area contributed by atoms with E-state index in [1.165, 1.54) is 0 Å². The second-order valence-electron chi connectivity index (χ2n) is 7.19. The molecule has 2 fully saturated rings. The molecule has 7 heteroatoms. The summed E-state index contributed by atoms with van der Waals surface area (Å²) in [5.74, 6) is -0.327. The Morgan fingerprint density at radius 2 is 1.73 bits per heavy atom. The Morgan fingerprint density at radius 1 is 1.09 bits per heavy atom. The van der Waals surface area contributed by atoms with Crippen LogP contribution < -0.4 is 0 Å². The highest BCUT2D eigenvalue weighted by molar-refractivity contribution is 5.80. The number of carbonyl (C=O) groups excluding carboxylic acids is 2. The van der Waals surface area contributed by atoms with Crippen LogP contribution in [-0.2, 0) is 9.59 Å². The van der Waals surface area contributed by atoms with Gasteiger partial charge < -0.3 is 4.90 Å². The summed E-state index contributed by atoms with van der Waals surface area (Å²) in [6.45, 7) is 10.9. The van der Waals surface area contributed by atoms with Crippen molar-refractivity contribution in [2.75, 3.05) is 45.8 Å². The second kappa shape index (κ2) is 6.83. The summed E-state index contributed by atoms with van der Waals surface area (Å²) in [6.07, 6.45) is 0.921. The van der Waals surface area contributed by atoms with E-state index < -0.39 is 5.91 Å². The zero-order valence-electron chi connectivity index (χ0n) is 13.7. The average molecular weight is 310 g/mol. The summed E-state index contributed by atoms with van der Waals surface area (Å²) in [6, 6.07) is 0. The number of amides is 2. The molecule has 0 saturated carbocycles. The van der Waals surface area contributed by atoms with E-state index in [0.717, 1.165) is 19.5 Å². The standard InChI is InChI=1S/C15H26N4O3/c1-15(2,3)19-5-4-12(10-19)14(21)18-8-6-17(7-9-18)11-13(20)16-22/h12H,4-11H2,1-3H3. The number of likely N-dealkylation sites (tertiary alicyclic amines) is 1. The van der Waals surface area contributed by atoms with Crippen molar-refractivity contribution in [2.45, 2.75) is 32.7 Å². The van der Waals surface area contributed by atoms with E-state index >= 15 is 0 Å². The van der Waals surface area contributed by atoms with E-state index in [4.69, 9.17) is 0 Å². The van der Waals surface area contributed by atoms with Crippen molar-refractivity contribution in [3.05, 3.63) is 4.91 Å². The maximum Gasteiger partial charge on any atom is 0.300 e. The molecule has 2 rings (SSSR count). The summed E-state index contributed by atoms with van der Waals surface area (Å²) in [5.41, 5.74) is 0.107. The molecular formula is C15H26N4O3. The molecule has 22 heavy (non-hydrogen) atoms. The average Bonchev–Trinajstić information content (AvgIpc) is 2.97. The Hall–Kier alpha value is -1.34. The molecule has 0 bridgehead atoms. The van der Waals surface area contributed by atoms with E-state index in [9.17, 15) is 14.5 Å². The summed E-state index contributed by atoms with van der Waals surface area (Å²) in [7, 11) is 0. The molecule has 0 aromatic rings. The highest BCUT2D eigenvalue weighted by atomic mass is 16.3. The fourth-order valence-corrected chi connectivity index (χ4v) is 3.18. The van der Waals surface area contributed by atoms with Gasteiger partial charge in [0.15, 0.2) is 0 Å². The lowest BCUT2D eigenvalue weighted by molar-refractivity contribution is -0.137. The first kappa shape index (κ1) is 17.0. The van der Waals surface area contributed by atoms with Gasteiger partial charge in [-0.1, -0.05) is 0 Å². The van der Waals surface area contributed by atoms with Crippen LogP contribution in [0.5, 0.6) is 0 Å². The van der Waals surface area contributed by atoms with Gasteiger partial charge in [0.25, 0.3) is 5.91 Å². The van der Waals surface area contributed by atoms with Crippen LogP contribution in [0.4, 0.5) is 0 Å². The molecule has 0 radical (unpaired) electrons. The van der Waals surface area contributed by atoms with Crippen molar-refractivity contribution in [1.82, 2.24) is 14.7 Å². The van der Waals surface area contributed by atoms with Crippen molar-refractivity contribution in [3.8, 4) is 0 Å². The maximum atomic E-state index is 12.6. The molecule has 2 amide bonds. The first-order chi connectivity index (χ1) is 10.3. The van der Waals surface area contributed by atoms with Gasteiger partial charge in [-0.25, -0.2) is 0 Å². The first-order valence-electron chi connectivity index (χ1n) is 7.93. The Labute approximate surface area is 131 Å². The van der Waals surface area contributed by atoms with Crippen LogP contribution in [0.25, 0.3) is 0 Å². The predicted octanol–water partition coefficient (Wildman–Crippen LogP) is 0.544. The molecule has 2 aliphatic heterocycles. The molecule has 124 valence electrons. The fourth-order valence-electron chi connectivity index (χ4n) is 3.18. The number of nitroso groups, excluding NO2 is 1. The Bertz CT molecular complexity index is 439. The number of hydrogen-bond donors (Lipinski definition) is 0. The Balaban J connectivity index is 1.81. The number of piperazine rings is 1. The molecule has 2 heterocycles. The fraction of sp³-hybridized carbons (Fsp3) is 0.867. The van der Waals surface area contributed by atoms with Crippen LogP contribution in [0, 0.1) is 10.8 Å². The van der Waals surface area contributed by atoms with Crippen LogP contribution >= 0.6 is 0 Å². The van der Waals surface area contributed by atoms with E-state index in [2.05, 4.69) is 30.8 Å². The van der Waals surface area contributed by atoms with Gasteiger partial charge in [-0.05, 0) is 33.7 Å².